The topological polar surface area (TPSA) is 73.3 Å². The van der Waals surface area contributed by atoms with E-state index in [2.05, 4.69) is 15.3 Å². The first-order chi connectivity index (χ1) is 11.5. The van der Waals surface area contributed by atoms with Gasteiger partial charge in [0.2, 0.25) is 5.28 Å². The number of nitrogens with one attached hydrogen (secondary N) is 1. The molecule has 0 fully saturated rings. The van der Waals surface area contributed by atoms with Gasteiger partial charge in [-0.2, -0.15) is 4.98 Å². The van der Waals surface area contributed by atoms with Gasteiger partial charge in [-0.3, -0.25) is 0 Å². The number of benzene rings is 1. The number of carbonyl (C=O) groups is 1. The summed E-state index contributed by atoms with van der Waals surface area (Å²) in [5, 5.41) is 4.06. The second kappa shape index (κ2) is 6.62. The molecule has 1 N–H and O–H groups in total. The smallest absolute Gasteiger partial charge is 0.348 e. The molecule has 0 aliphatic carbocycles. The summed E-state index contributed by atoms with van der Waals surface area (Å²) < 4.78 is 10.0. The lowest BCUT2D eigenvalue weighted by molar-refractivity contribution is 0.0605. The van der Waals surface area contributed by atoms with E-state index in [-0.39, 0.29) is 5.28 Å². The molecule has 0 aliphatic rings. The highest BCUT2D eigenvalue weighted by Crippen LogP contribution is 2.36. The molecule has 6 nitrogen and oxygen atoms in total. The minimum atomic E-state index is -0.404. The summed E-state index contributed by atoms with van der Waals surface area (Å²) in [6.45, 7) is 1.83. The van der Waals surface area contributed by atoms with Crippen LogP contribution in [0, 0.1) is 6.92 Å². The number of ether oxygens (including phenoxy) is 2. The molecular formula is C16H14ClN3O3S. The van der Waals surface area contributed by atoms with Crippen LogP contribution in [0.15, 0.2) is 24.3 Å². The zero-order valence-corrected chi connectivity index (χ0v) is 14.8. The minimum absolute atomic E-state index is 0.102. The van der Waals surface area contributed by atoms with E-state index in [1.807, 2.05) is 31.2 Å². The molecule has 0 saturated heterocycles. The van der Waals surface area contributed by atoms with Crippen LogP contribution in [0.1, 0.15) is 15.2 Å². The maximum Gasteiger partial charge on any atom is 0.348 e. The molecule has 0 radical (unpaired) electrons. The molecular weight excluding hydrogens is 350 g/mol. The van der Waals surface area contributed by atoms with Gasteiger partial charge in [0.25, 0.3) is 0 Å². The Hall–Kier alpha value is -2.38. The Morgan fingerprint density at radius 3 is 2.79 bits per heavy atom. The van der Waals surface area contributed by atoms with Crippen molar-refractivity contribution in [3.05, 3.63) is 40.0 Å². The third kappa shape index (κ3) is 3.00. The predicted molar refractivity (Wildman–Crippen MR) is 94.8 cm³/mol. The molecule has 2 heterocycles. The Labute approximate surface area is 147 Å². The Kier molecular flexibility index (Phi) is 4.55. The predicted octanol–water partition coefficient (Wildman–Crippen LogP) is 4.19. The van der Waals surface area contributed by atoms with E-state index < -0.39 is 5.97 Å². The van der Waals surface area contributed by atoms with Crippen LogP contribution in [0.4, 0.5) is 11.5 Å². The standard InChI is InChI=1S/C16H14ClN3O3S/c1-8-11-13(18-9-5-4-6-10(7-9)22-2)19-16(17)20-14(11)24-12(8)15(21)23-3/h4-7H,1-3H3,(H,18,19,20). The van der Waals surface area contributed by atoms with Gasteiger partial charge in [0.1, 0.15) is 21.3 Å². The first-order valence-electron chi connectivity index (χ1n) is 6.99. The van der Waals surface area contributed by atoms with Crippen LogP contribution in [0.2, 0.25) is 5.28 Å². The summed E-state index contributed by atoms with van der Waals surface area (Å²) in [5.41, 5.74) is 1.54. The summed E-state index contributed by atoms with van der Waals surface area (Å²) in [4.78, 5) is 21.5. The van der Waals surface area contributed by atoms with Crippen LogP contribution in [0.25, 0.3) is 10.2 Å². The molecule has 0 aliphatic heterocycles. The van der Waals surface area contributed by atoms with Crippen molar-refractivity contribution in [1.29, 1.82) is 0 Å². The molecule has 3 rings (SSSR count). The highest BCUT2D eigenvalue weighted by atomic mass is 35.5. The molecule has 1 aromatic carbocycles. The molecule has 0 atom stereocenters. The molecule has 0 spiro atoms. The van der Waals surface area contributed by atoms with Crippen LogP contribution in [0.3, 0.4) is 0 Å². The summed E-state index contributed by atoms with van der Waals surface area (Å²) in [6, 6.07) is 7.43. The average Bonchev–Trinajstić information content (AvgIpc) is 2.91. The number of thiophene rings is 1. The number of fused-ring (bicyclic) bond motifs is 1. The van der Waals surface area contributed by atoms with Crippen molar-refractivity contribution in [1.82, 2.24) is 9.97 Å². The van der Waals surface area contributed by atoms with E-state index >= 15 is 0 Å². The van der Waals surface area contributed by atoms with Gasteiger partial charge in [-0.1, -0.05) is 6.07 Å². The third-order valence-electron chi connectivity index (χ3n) is 3.47. The molecule has 8 heteroatoms. The summed E-state index contributed by atoms with van der Waals surface area (Å²) in [5.74, 6) is 0.842. The average molecular weight is 364 g/mol. The number of hydrogen-bond acceptors (Lipinski definition) is 7. The van der Waals surface area contributed by atoms with Crippen LogP contribution >= 0.6 is 22.9 Å². The number of nitrogens with zero attached hydrogens (tertiary/aromatic N) is 2. The van der Waals surface area contributed by atoms with Crippen molar-refractivity contribution in [2.75, 3.05) is 19.5 Å². The maximum atomic E-state index is 11.9. The normalized spacial score (nSPS) is 10.7. The van der Waals surface area contributed by atoms with Gasteiger partial charge >= 0.3 is 5.97 Å². The lowest BCUT2D eigenvalue weighted by Crippen LogP contribution is -2.00. The molecule has 124 valence electrons. The molecule has 2 aromatic heterocycles. The minimum Gasteiger partial charge on any atom is -0.497 e. The number of rotatable bonds is 4. The number of halogens is 1. The van der Waals surface area contributed by atoms with Crippen LogP contribution in [0.5, 0.6) is 5.75 Å². The largest absolute Gasteiger partial charge is 0.497 e. The van der Waals surface area contributed by atoms with E-state index in [0.717, 1.165) is 16.6 Å². The molecule has 3 aromatic rings. The number of methoxy groups -OCH3 is 2. The van der Waals surface area contributed by atoms with Crippen molar-refractivity contribution < 1.29 is 14.3 Å². The zero-order valence-electron chi connectivity index (χ0n) is 13.2. The van der Waals surface area contributed by atoms with Gasteiger partial charge in [0, 0.05) is 11.8 Å². The number of aromatic nitrogens is 2. The molecule has 24 heavy (non-hydrogen) atoms. The van der Waals surface area contributed by atoms with Crippen LogP contribution in [-0.4, -0.2) is 30.2 Å². The number of carbonyl (C=O) groups excluding carboxylic acids is 1. The fraction of sp³-hybridized carbons (Fsp3) is 0.188. The van der Waals surface area contributed by atoms with E-state index in [1.54, 1.807) is 7.11 Å². The Morgan fingerprint density at radius 2 is 2.08 bits per heavy atom. The lowest BCUT2D eigenvalue weighted by atomic mass is 10.2. The van der Waals surface area contributed by atoms with Crippen molar-refractivity contribution >= 4 is 50.6 Å². The first-order valence-corrected chi connectivity index (χ1v) is 8.19. The Morgan fingerprint density at radius 1 is 1.29 bits per heavy atom. The highest BCUT2D eigenvalue weighted by molar-refractivity contribution is 7.20. The molecule has 0 amide bonds. The number of anilines is 2. The number of esters is 1. The van der Waals surface area contributed by atoms with Crippen LogP contribution in [-0.2, 0) is 4.74 Å². The van der Waals surface area contributed by atoms with Gasteiger partial charge in [0.15, 0.2) is 0 Å². The van der Waals surface area contributed by atoms with Gasteiger partial charge in [0.05, 0.1) is 19.6 Å². The molecule has 0 saturated carbocycles. The van der Waals surface area contributed by atoms with Gasteiger partial charge in [-0.05, 0) is 36.2 Å². The summed E-state index contributed by atoms with van der Waals surface area (Å²) >= 11 is 7.26. The second-order valence-corrected chi connectivity index (χ2v) is 6.26. The SMILES string of the molecule is COC(=O)c1sc2nc(Cl)nc(Nc3cccc(OC)c3)c2c1C. The van der Waals surface area contributed by atoms with E-state index in [0.29, 0.717) is 21.3 Å². The quantitative estimate of drug-likeness (QED) is 0.553. The number of hydrogen-bond donors (Lipinski definition) is 1. The molecule has 0 bridgehead atoms. The lowest BCUT2D eigenvalue weighted by Gasteiger charge is -2.09. The van der Waals surface area contributed by atoms with Gasteiger partial charge in [-0.25, -0.2) is 9.78 Å². The van der Waals surface area contributed by atoms with E-state index in [9.17, 15) is 4.79 Å². The van der Waals surface area contributed by atoms with Gasteiger partial charge < -0.3 is 14.8 Å². The fourth-order valence-electron chi connectivity index (χ4n) is 2.33. The van der Waals surface area contributed by atoms with E-state index in [4.69, 9.17) is 21.1 Å². The monoisotopic (exact) mass is 363 g/mol. The third-order valence-corrected chi connectivity index (χ3v) is 4.80. The fourth-order valence-corrected chi connectivity index (χ4v) is 3.65. The summed E-state index contributed by atoms with van der Waals surface area (Å²) in [7, 11) is 2.95. The van der Waals surface area contributed by atoms with Crippen molar-refractivity contribution in [2.24, 2.45) is 0 Å². The van der Waals surface area contributed by atoms with E-state index in [1.165, 1.54) is 18.4 Å². The van der Waals surface area contributed by atoms with Crippen molar-refractivity contribution in [2.45, 2.75) is 6.92 Å². The Bertz CT molecular complexity index is 926. The molecule has 0 unspecified atom stereocenters. The second-order valence-electron chi connectivity index (χ2n) is 4.93. The zero-order chi connectivity index (χ0) is 17.3. The van der Waals surface area contributed by atoms with Crippen LogP contribution < -0.4 is 10.1 Å². The highest BCUT2D eigenvalue weighted by Gasteiger charge is 2.21. The van der Waals surface area contributed by atoms with Crippen molar-refractivity contribution in [3.8, 4) is 5.75 Å². The summed E-state index contributed by atoms with van der Waals surface area (Å²) in [6.07, 6.45) is 0. The first kappa shape index (κ1) is 16.5. The van der Waals surface area contributed by atoms with Crippen molar-refractivity contribution in [3.63, 3.8) is 0 Å². The van der Waals surface area contributed by atoms with Gasteiger partial charge in [-0.15, -0.1) is 11.3 Å². The number of aryl methyl sites for hydroxylation is 1. The Balaban J connectivity index is 2.12. The maximum absolute atomic E-state index is 11.9.